The number of nitrogens with one attached hydrogen (secondary N) is 1. The maximum Gasteiger partial charge on any atom is 0.244 e. The first-order valence-electron chi connectivity index (χ1n) is 8.82. The molecular weight excluding hydrogens is 342 g/mol. The first kappa shape index (κ1) is 16.9. The molecule has 1 amide bonds. The highest BCUT2D eigenvalue weighted by atomic mass is 32.2. The number of amides is 1. The van der Waals surface area contributed by atoms with E-state index in [1.807, 2.05) is 0 Å². The molecule has 3 atom stereocenters. The van der Waals surface area contributed by atoms with Crippen molar-refractivity contribution in [2.45, 2.75) is 30.3 Å². The molecule has 0 bridgehead atoms. The van der Waals surface area contributed by atoms with Crippen molar-refractivity contribution in [3.63, 3.8) is 0 Å². The Labute approximate surface area is 147 Å². The summed E-state index contributed by atoms with van der Waals surface area (Å²) in [4.78, 5) is 16.0. The molecule has 0 radical (unpaired) electrons. The average Bonchev–Trinajstić information content (AvgIpc) is 3.17. The van der Waals surface area contributed by atoms with Crippen LogP contribution in [0.25, 0.3) is 0 Å². The molecule has 3 aliphatic rings. The summed E-state index contributed by atoms with van der Waals surface area (Å²) in [6.07, 6.45) is 5.78. The standard InChI is InChI=1S/C17H23N3O4S/c21-17(6-12-3-4-12)19-7-13-11-24-16-10-20(9-15(13)16)25(22,23)14-2-1-5-18-8-14/h1-2,5,8,12-13,15-16H,3-4,6-7,9-11H2,(H,19,21)/t13-,15+,16+/m0/s1. The van der Waals surface area contributed by atoms with Gasteiger partial charge in [0.15, 0.2) is 0 Å². The van der Waals surface area contributed by atoms with Crippen LogP contribution in [0.5, 0.6) is 0 Å². The van der Waals surface area contributed by atoms with Crippen LogP contribution in [-0.2, 0) is 19.6 Å². The van der Waals surface area contributed by atoms with Crippen LogP contribution in [-0.4, -0.2) is 56.0 Å². The molecule has 1 aromatic heterocycles. The maximum absolute atomic E-state index is 12.7. The number of pyridine rings is 1. The fourth-order valence-corrected chi connectivity index (χ4v) is 5.17. The van der Waals surface area contributed by atoms with E-state index in [0.29, 0.717) is 38.6 Å². The van der Waals surface area contributed by atoms with Crippen molar-refractivity contribution in [2.24, 2.45) is 17.8 Å². The molecule has 4 rings (SSSR count). The maximum atomic E-state index is 12.7. The van der Waals surface area contributed by atoms with E-state index in [9.17, 15) is 13.2 Å². The van der Waals surface area contributed by atoms with Crippen LogP contribution >= 0.6 is 0 Å². The predicted octanol–water partition coefficient (Wildman–Crippen LogP) is 0.633. The van der Waals surface area contributed by atoms with Gasteiger partial charge in [0.25, 0.3) is 0 Å². The summed E-state index contributed by atoms with van der Waals surface area (Å²) in [6.45, 7) is 1.95. The van der Waals surface area contributed by atoms with Gasteiger partial charge in [0.1, 0.15) is 4.90 Å². The van der Waals surface area contributed by atoms with E-state index in [0.717, 1.165) is 12.8 Å². The molecule has 1 aromatic rings. The van der Waals surface area contributed by atoms with Gasteiger partial charge in [-0.25, -0.2) is 8.42 Å². The third-order valence-corrected chi connectivity index (χ3v) is 7.23. The lowest BCUT2D eigenvalue weighted by Gasteiger charge is -2.20. The zero-order valence-corrected chi connectivity index (χ0v) is 14.8. The Bertz CT molecular complexity index is 736. The van der Waals surface area contributed by atoms with Crippen molar-refractivity contribution in [2.75, 3.05) is 26.2 Å². The Morgan fingerprint density at radius 2 is 2.20 bits per heavy atom. The number of aromatic nitrogens is 1. The zero-order valence-electron chi connectivity index (χ0n) is 14.0. The Kier molecular flexibility index (Phi) is 4.51. The van der Waals surface area contributed by atoms with Crippen molar-refractivity contribution in [1.29, 1.82) is 0 Å². The van der Waals surface area contributed by atoms with Crippen LogP contribution in [0.3, 0.4) is 0 Å². The van der Waals surface area contributed by atoms with E-state index >= 15 is 0 Å². The molecule has 1 N–H and O–H groups in total. The summed E-state index contributed by atoms with van der Waals surface area (Å²) in [5.41, 5.74) is 0. The third kappa shape index (κ3) is 3.56. The normalized spacial score (nSPS) is 29.5. The topological polar surface area (TPSA) is 88.6 Å². The lowest BCUT2D eigenvalue weighted by Crippen LogP contribution is -2.35. The summed E-state index contributed by atoms with van der Waals surface area (Å²) in [5, 5.41) is 3.00. The largest absolute Gasteiger partial charge is 0.376 e. The number of hydrogen-bond donors (Lipinski definition) is 1. The van der Waals surface area contributed by atoms with Gasteiger partial charge < -0.3 is 10.1 Å². The number of ether oxygens (including phenoxy) is 1. The highest BCUT2D eigenvalue weighted by Gasteiger charge is 2.47. The third-order valence-electron chi connectivity index (χ3n) is 5.41. The number of fused-ring (bicyclic) bond motifs is 1. The molecule has 3 fully saturated rings. The molecule has 7 nitrogen and oxygen atoms in total. The molecule has 2 aliphatic heterocycles. The van der Waals surface area contributed by atoms with Crippen LogP contribution in [0.1, 0.15) is 19.3 Å². The second kappa shape index (κ2) is 6.66. The first-order chi connectivity index (χ1) is 12.0. The van der Waals surface area contributed by atoms with Crippen LogP contribution in [0.4, 0.5) is 0 Å². The number of carbonyl (C=O) groups excluding carboxylic acids is 1. The molecule has 0 unspecified atom stereocenters. The van der Waals surface area contributed by atoms with Crippen molar-refractivity contribution in [3.8, 4) is 0 Å². The second-order valence-electron chi connectivity index (χ2n) is 7.26. The molecule has 136 valence electrons. The fourth-order valence-electron chi connectivity index (χ4n) is 3.72. The van der Waals surface area contributed by atoms with Crippen molar-refractivity contribution in [1.82, 2.24) is 14.6 Å². The predicted molar refractivity (Wildman–Crippen MR) is 90.1 cm³/mol. The molecule has 0 aromatic carbocycles. The Morgan fingerprint density at radius 3 is 2.92 bits per heavy atom. The van der Waals surface area contributed by atoms with E-state index in [4.69, 9.17) is 4.74 Å². The van der Waals surface area contributed by atoms with Gasteiger partial charge in [-0.15, -0.1) is 0 Å². The highest BCUT2D eigenvalue weighted by molar-refractivity contribution is 7.89. The minimum absolute atomic E-state index is 0.0863. The summed E-state index contributed by atoms with van der Waals surface area (Å²) in [5.74, 6) is 0.970. The monoisotopic (exact) mass is 365 g/mol. The number of hydrogen-bond acceptors (Lipinski definition) is 5. The van der Waals surface area contributed by atoms with Gasteiger partial charge in [0.2, 0.25) is 15.9 Å². The van der Waals surface area contributed by atoms with Gasteiger partial charge in [0.05, 0.1) is 12.7 Å². The summed E-state index contributed by atoms with van der Waals surface area (Å²) in [6, 6.07) is 3.19. The Hall–Kier alpha value is -1.51. The molecule has 1 aliphatic carbocycles. The van der Waals surface area contributed by atoms with E-state index in [-0.39, 0.29) is 28.7 Å². The minimum atomic E-state index is -3.54. The van der Waals surface area contributed by atoms with E-state index < -0.39 is 10.0 Å². The average molecular weight is 365 g/mol. The van der Waals surface area contributed by atoms with Gasteiger partial charge in [-0.1, -0.05) is 0 Å². The van der Waals surface area contributed by atoms with Crippen LogP contribution < -0.4 is 5.32 Å². The van der Waals surface area contributed by atoms with Crippen molar-refractivity contribution >= 4 is 15.9 Å². The molecule has 8 heteroatoms. The molecule has 25 heavy (non-hydrogen) atoms. The highest BCUT2D eigenvalue weighted by Crippen LogP contribution is 2.36. The van der Waals surface area contributed by atoms with Gasteiger partial charge in [-0.05, 0) is 30.9 Å². The van der Waals surface area contributed by atoms with Crippen molar-refractivity contribution < 1.29 is 17.9 Å². The molecule has 3 heterocycles. The number of carbonyl (C=O) groups is 1. The van der Waals surface area contributed by atoms with Gasteiger partial charge in [0, 0.05) is 50.3 Å². The number of sulfonamides is 1. The summed E-state index contributed by atoms with van der Waals surface area (Å²) >= 11 is 0. The summed E-state index contributed by atoms with van der Waals surface area (Å²) in [7, 11) is -3.54. The number of rotatable bonds is 6. The van der Waals surface area contributed by atoms with Gasteiger partial charge in [-0.2, -0.15) is 4.31 Å². The van der Waals surface area contributed by atoms with Crippen LogP contribution in [0.15, 0.2) is 29.4 Å². The summed E-state index contributed by atoms with van der Waals surface area (Å²) < 4.78 is 32.7. The van der Waals surface area contributed by atoms with E-state index in [1.165, 1.54) is 10.5 Å². The van der Waals surface area contributed by atoms with Gasteiger partial charge in [-0.3, -0.25) is 9.78 Å². The smallest absolute Gasteiger partial charge is 0.244 e. The number of nitrogens with zero attached hydrogens (tertiary/aromatic N) is 2. The first-order valence-corrected chi connectivity index (χ1v) is 10.3. The van der Waals surface area contributed by atoms with Crippen molar-refractivity contribution in [3.05, 3.63) is 24.5 Å². The van der Waals surface area contributed by atoms with E-state index in [2.05, 4.69) is 10.3 Å². The quantitative estimate of drug-likeness (QED) is 0.799. The van der Waals surface area contributed by atoms with Crippen LogP contribution in [0.2, 0.25) is 0 Å². The lowest BCUT2D eigenvalue weighted by atomic mass is 9.93. The van der Waals surface area contributed by atoms with Gasteiger partial charge >= 0.3 is 0 Å². The molecular formula is C17H23N3O4S. The SMILES string of the molecule is O=C(CC1CC1)NC[C@H]1CO[C@@H]2CN(S(=O)(=O)c3cccnc3)C[C@H]12. The Balaban J connectivity index is 1.37. The minimum Gasteiger partial charge on any atom is -0.376 e. The molecule has 2 saturated heterocycles. The molecule has 1 saturated carbocycles. The lowest BCUT2D eigenvalue weighted by molar-refractivity contribution is -0.121. The fraction of sp³-hybridized carbons (Fsp3) is 0.647. The molecule has 0 spiro atoms. The zero-order chi connectivity index (χ0) is 17.4. The second-order valence-corrected chi connectivity index (χ2v) is 9.20. The van der Waals surface area contributed by atoms with E-state index in [1.54, 1.807) is 18.3 Å². The van der Waals surface area contributed by atoms with Crippen LogP contribution in [0, 0.1) is 17.8 Å². The Morgan fingerprint density at radius 1 is 1.36 bits per heavy atom.